The van der Waals surface area contributed by atoms with Gasteiger partial charge in [0.1, 0.15) is 12.6 Å². The van der Waals surface area contributed by atoms with Crippen LogP contribution in [0.4, 0.5) is 0 Å². The van der Waals surface area contributed by atoms with E-state index in [9.17, 15) is 9.59 Å². The van der Waals surface area contributed by atoms with E-state index in [0.29, 0.717) is 52.5 Å². The summed E-state index contributed by atoms with van der Waals surface area (Å²) in [6.45, 7) is 3.38. The van der Waals surface area contributed by atoms with Crippen molar-refractivity contribution in [1.82, 2.24) is 0 Å². The molecule has 0 saturated carbocycles. The second-order valence-corrected chi connectivity index (χ2v) is 3.45. The fraction of sp³-hybridized carbons (Fsp3) is 0.833. The Bertz CT molecular complexity index is 154. The molecule has 0 N–H and O–H groups in total. The fourth-order valence-electron chi connectivity index (χ4n) is 1.08. The Morgan fingerprint density at radius 3 is 1.29 bits per heavy atom. The summed E-state index contributed by atoms with van der Waals surface area (Å²) in [6, 6.07) is 0. The standard InChI is InChI=1S/C12H22O5/c13-5-1-3-7-15-9-11-17-12-10-16-8-4-2-6-14/h5-6H,1-4,7-12H2. The molecule has 100 valence electrons. The smallest absolute Gasteiger partial charge is 0.120 e. The molecule has 0 aliphatic rings. The van der Waals surface area contributed by atoms with Gasteiger partial charge in [-0.25, -0.2) is 0 Å². The fourth-order valence-corrected chi connectivity index (χ4v) is 1.08. The molecule has 0 aliphatic carbocycles. The van der Waals surface area contributed by atoms with Crippen molar-refractivity contribution < 1.29 is 23.8 Å². The Balaban J connectivity index is 2.89. The summed E-state index contributed by atoms with van der Waals surface area (Å²) in [5, 5.41) is 0. The summed E-state index contributed by atoms with van der Waals surface area (Å²) < 4.78 is 15.7. The van der Waals surface area contributed by atoms with Crippen LogP contribution in [-0.2, 0) is 23.8 Å². The van der Waals surface area contributed by atoms with Crippen LogP contribution in [0.2, 0.25) is 0 Å². The van der Waals surface area contributed by atoms with Crippen LogP contribution < -0.4 is 0 Å². The topological polar surface area (TPSA) is 61.8 Å². The van der Waals surface area contributed by atoms with Gasteiger partial charge in [0.15, 0.2) is 0 Å². The van der Waals surface area contributed by atoms with E-state index in [0.717, 1.165) is 25.4 Å². The van der Waals surface area contributed by atoms with Crippen molar-refractivity contribution in [1.29, 1.82) is 0 Å². The van der Waals surface area contributed by atoms with E-state index < -0.39 is 0 Å². The number of rotatable bonds is 14. The number of unbranched alkanes of at least 4 members (excludes halogenated alkanes) is 2. The van der Waals surface area contributed by atoms with Gasteiger partial charge in [-0.1, -0.05) is 0 Å². The van der Waals surface area contributed by atoms with Gasteiger partial charge < -0.3 is 23.8 Å². The van der Waals surface area contributed by atoms with Crippen molar-refractivity contribution >= 4 is 12.6 Å². The van der Waals surface area contributed by atoms with Gasteiger partial charge in [-0.15, -0.1) is 0 Å². The molecule has 0 unspecified atom stereocenters. The Hall–Kier alpha value is -0.780. The number of hydrogen-bond acceptors (Lipinski definition) is 5. The first-order valence-corrected chi connectivity index (χ1v) is 6.02. The van der Waals surface area contributed by atoms with Gasteiger partial charge in [-0.2, -0.15) is 0 Å². The quantitative estimate of drug-likeness (QED) is 0.338. The van der Waals surface area contributed by atoms with Gasteiger partial charge in [-0.3, -0.25) is 0 Å². The minimum Gasteiger partial charge on any atom is -0.379 e. The third-order valence-electron chi connectivity index (χ3n) is 1.97. The molecule has 0 bridgehead atoms. The van der Waals surface area contributed by atoms with Crippen molar-refractivity contribution in [2.24, 2.45) is 0 Å². The van der Waals surface area contributed by atoms with E-state index in [-0.39, 0.29) is 0 Å². The van der Waals surface area contributed by atoms with Gasteiger partial charge in [0.25, 0.3) is 0 Å². The van der Waals surface area contributed by atoms with Crippen molar-refractivity contribution in [3.63, 3.8) is 0 Å². The summed E-state index contributed by atoms with van der Waals surface area (Å²) in [5.41, 5.74) is 0. The lowest BCUT2D eigenvalue weighted by molar-refractivity contribution is -0.108. The predicted octanol–water partition coefficient (Wildman–Crippen LogP) is 0.994. The van der Waals surface area contributed by atoms with Crippen LogP contribution in [0.15, 0.2) is 0 Å². The first kappa shape index (κ1) is 16.2. The molecule has 0 aromatic heterocycles. The van der Waals surface area contributed by atoms with Gasteiger partial charge in [0.05, 0.1) is 26.4 Å². The second kappa shape index (κ2) is 15.2. The van der Waals surface area contributed by atoms with Crippen molar-refractivity contribution in [3.8, 4) is 0 Å². The molecule has 0 aliphatic heterocycles. The highest BCUT2D eigenvalue weighted by Crippen LogP contribution is 1.88. The highest BCUT2D eigenvalue weighted by atomic mass is 16.5. The highest BCUT2D eigenvalue weighted by Gasteiger charge is 1.92. The summed E-state index contributed by atoms with van der Waals surface area (Å²) in [4.78, 5) is 20.0. The van der Waals surface area contributed by atoms with Crippen LogP contribution in [0.1, 0.15) is 25.7 Å². The molecule has 0 radical (unpaired) electrons. The lowest BCUT2D eigenvalue weighted by atomic mass is 10.3. The summed E-state index contributed by atoms with van der Waals surface area (Å²) >= 11 is 0. The van der Waals surface area contributed by atoms with Gasteiger partial charge in [0, 0.05) is 26.1 Å². The number of hydrogen-bond donors (Lipinski definition) is 0. The van der Waals surface area contributed by atoms with E-state index in [1.54, 1.807) is 0 Å². The maximum Gasteiger partial charge on any atom is 0.120 e. The zero-order valence-electron chi connectivity index (χ0n) is 10.3. The molecule has 0 fully saturated rings. The van der Waals surface area contributed by atoms with Crippen LogP contribution in [0.5, 0.6) is 0 Å². The maximum absolute atomic E-state index is 9.99. The molecule has 0 atom stereocenters. The minimum absolute atomic E-state index is 0.540. The molecule has 0 aromatic carbocycles. The number of carbonyl (C=O) groups excluding carboxylic acids is 2. The minimum atomic E-state index is 0.540. The molecule has 0 spiro atoms. The lowest BCUT2D eigenvalue weighted by Crippen LogP contribution is -2.10. The van der Waals surface area contributed by atoms with Crippen LogP contribution in [-0.4, -0.2) is 52.2 Å². The Labute approximate surface area is 102 Å². The van der Waals surface area contributed by atoms with Crippen LogP contribution in [0.25, 0.3) is 0 Å². The van der Waals surface area contributed by atoms with Crippen molar-refractivity contribution in [2.75, 3.05) is 39.6 Å². The highest BCUT2D eigenvalue weighted by molar-refractivity contribution is 5.49. The second-order valence-electron chi connectivity index (χ2n) is 3.45. The van der Waals surface area contributed by atoms with Gasteiger partial charge in [0.2, 0.25) is 0 Å². The van der Waals surface area contributed by atoms with Gasteiger partial charge in [-0.05, 0) is 12.8 Å². The molecule has 0 amide bonds. The zero-order valence-corrected chi connectivity index (χ0v) is 10.3. The van der Waals surface area contributed by atoms with E-state index in [2.05, 4.69) is 0 Å². The normalized spacial score (nSPS) is 10.4. The van der Waals surface area contributed by atoms with E-state index in [1.165, 1.54) is 0 Å². The molecule has 17 heavy (non-hydrogen) atoms. The molecular weight excluding hydrogens is 224 g/mol. The maximum atomic E-state index is 9.99. The molecule has 0 heterocycles. The molecule has 0 aromatic rings. The largest absolute Gasteiger partial charge is 0.379 e. The molecule has 0 saturated heterocycles. The van der Waals surface area contributed by atoms with Crippen LogP contribution in [0.3, 0.4) is 0 Å². The lowest BCUT2D eigenvalue weighted by Gasteiger charge is -2.05. The zero-order chi connectivity index (χ0) is 12.6. The SMILES string of the molecule is O=CCCCOCCOCCOCCCC=O. The number of aldehydes is 2. The Kier molecular flexibility index (Phi) is 14.5. The first-order chi connectivity index (χ1) is 8.41. The third-order valence-corrected chi connectivity index (χ3v) is 1.97. The summed E-state index contributed by atoms with van der Waals surface area (Å²) in [5.74, 6) is 0. The average Bonchev–Trinajstić information content (AvgIpc) is 2.35. The monoisotopic (exact) mass is 246 g/mol. The molecule has 5 heteroatoms. The Morgan fingerprint density at radius 1 is 0.588 bits per heavy atom. The van der Waals surface area contributed by atoms with E-state index in [4.69, 9.17) is 14.2 Å². The molecular formula is C12H22O5. The number of carbonyl (C=O) groups is 2. The van der Waals surface area contributed by atoms with Crippen LogP contribution >= 0.6 is 0 Å². The predicted molar refractivity (Wildman–Crippen MR) is 63.1 cm³/mol. The van der Waals surface area contributed by atoms with Crippen LogP contribution in [0, 0.1) is 0 Å². The number of ether oxygens (including phenoxy) is 3. The van der Waals surface area contributed by atoms with E-state index in [1.807, 2.05) is 0 Å². The van der Waals surface area contributed by atoms with Crippen molar-refractivity contribution in [2.45, 2.75) is 25.7 Å². The Morgan fingerprint density at radius 2 is 0.941 bits per heavy atom. The van der Waals surface area contributed by atoms with Crippen molar-refractivity contribution in [3.05, 3.63) is 0 Å². The first-order valence-electron chi connectivity index (χ1n) is 6.02. The van der Waals surface area contributed by atoms with Gasteiger partial charge >= 0.3 is 0 Å². The average molecular weight is 246 g/mol. The summed E-state index contributed by atoms with van der Waals surface area (Å²) in [6.07, 6.45) is 4.42. The van der Waals surface area contributed by atoms with E-state index >= 15 is 0 Å². The summed E-state index contributed by atoms with van der Waals surface area (Å²) in [7, 11) is 0. The third kappa shape index (κ3) is 15.2. The molecule has 0 rings (SSSR count). The molecule has 5 nitrogen and oxygen atoms in total.